The lowest BCUT2D eigenvalue weighted by molar-refractivity contribution is -0.118. The average Bonchev–Trinajstić information content (AvgIpc) is 2.70. The molecule has 158 valence electrons. The van der Waals surface area contributed by atoms with Crippen molar-refractivity contribution in [1.82, 2.24) is 9.97 Å². The van der Waals surface area contributed by atoms with Crippen molar-refractivity contribution < 1.29 is 9.53 Å². The van der Waals surface area contributed by atoms with E-state index < -0.39 is 17.2 Å². The Hall–Kier alpha value is -3.61. The van der Waals surface area contributed by atoms with Crippen molar-refractivity contribution in [2.24, 2.45) is 5.41 Å². The van der Waals surface area contributed by atoms with Crippen molar-refractivity contribution in [1.29, 1.82) is 0 Å². The second-order valence-electron chi connectivity index (χ2n) is 8.99. The third-order valence-corrected chi connectivity index (χ3v) is 6.18. The third kappa shape index (κ3) is 3.00. The van der Waals surface area contributed by atoms with Crippen LogP contribution in [-0.2, 0) is 4.79 Å². The standard InChI is InChI=1S/C24H23N3O4/c1-24(2)10-14-19(15(28)11-24)18(20-21(25-14)26-23(30)27-22(20)29)13-8-4-6-12-7-5-9-16(31-3)17(12)13/h4-9,18H,10-11H2,1-3H3,(H3,25,26,27,29,30). The maximum Gasteiger partial charge on any atom is 0.327 e. The molecule has 7 heteroatoms. The van der Waals surface area contributed by atoms with Crippen LogP contribution in [0.4, 0.5) is 5.82 Å². The molecule has 0 bridgehead atoms. The Morgan fingerprint density at radius 3 is 2.48 bits per heavy atom. The zero-order valence-corrected chi connectivity index (χ0v) is 17.6. The van der Waals surface area contributed by atoms with Crippen LogP contribution in [0.25, 0.3) is 10.8 Å². The number of anilines is 1. The molecule has 31 heavy (non-hydrogen) atoms. The maximum absolute atomic E-state index is 13.4. The number of ketones is 1. The molecule has 1 aliphatic carbocycles. The van der Waals surface area contributed by atoms with Gasteiger partial charge in [-0.25, -0.2) is 4.79 Å². The first-order chi connectivity index (χ1) is 14.8. The van der Waals surface area contributed by atoms with Crippen LogP contribution in [0, 0.1) is 5.41 Å². The summed E-state index contributed by atoms with van der Waals surface area (Å²) >= 11 is 0. The number of aromatic nitrogens is 2. The fraction of sp³-hybridized carbons (Fsp3) is 0.292. The van der Waals surface area contributed by atoms with Gasteiger partial charge in [0.25, 0.3) is 5.56 Å². The SMILES string of the molecule is COc1cccc2cccc(C3C4=C(CC(C)(C)CC4=O)Nc4[nH]c(=O)[nH]c(=O)c43)c12. The summed E-state index contributed by atoms with van der Waals surface area (Å²) in [6.45, 7) is 4.09. The van der Waals surface area contributed by atoms with Gasteiger partial charge in [0, 0.05) is 29.0 Å². The van der Waals surface area contributed by atoms with Crippen LogP contribution < -0.4 is 21.3 Å². The molecule has 1 unspecified atom stereocenters. The second-order valence-corrected chi connectivity index (χ2v) is 8.99. The molecule has 0 spiro atoms. The lowest BCUT2D eigenvalue weighted by atomic mass is 9.69. The molecule has 0 saturated heterocycles. The van der Waals surface area contributed by atoms with E-state index in [1.165, 1.54) is 0 Å². The molecule has 3 N–H and O–H groups in total. The topological polar surface area (TPSA) is 104 Å². The Morgan fingerprint density at radius 2 is 1.74 bits per heavy atom. The molecule has 2 aliphatic rings. The van der Waals surface area contributed by atoms with E-state index in [0.29, 0.717) is 35.5 Å². The van der Waals surface area contributed by atoms with Crippen molar-refractivity contribution >= 4 is 22.4 Å². The van der Waals surface area contributed by atoms with Crippen LogP contribution in [0.3, 0.4) is 0 Å². The summed E-state index contributed by atoms with van der Waals surface area (Å²) in [7, 11) is 1.60. The molecule has 1 aliphatic heterocycles. The molecule has 7 nitrogen and oxygen atoms in total. The number of Topliss-reactive ketones (excluding diaryl/α,β-unsaturated/α-hetero) is 1. The van der Waals surface area contributed by atoms with E-state index in [1.807, 2.05) is 50.2 Å². The largest absolute Gasteiger partial charge is 0.496 e. The number of H-pyrrole nitrogens is 2. The van der Waals surface area contributed by atoms with Crippen molar-refractivity contribution in [2.75, 3.05) is 12.4 Å². The summed E-state index contributed by atoms with van der Waals surface area (Å²) in [5, 5.41) is 4.99. The summed E-state index contributed by atoms with van der Waals surface area (Å²) in [5.41, 5.74) is 1.17. The van der Waals surface area contributed by atoms with E-state index in [1.54, 1.807) is 7.11 Å². The normalized spacial score (nSPS) is 19.6. The quantitative estimate of drug-likeness (QED) is 0.593. The van der Waals surface area contributed by atoms with E-state index in [0.717, 1.165) is 22.0 Å². The summed E-state index contributed by atoms with van der Waals surface area (Å²) in [4.78, 5) is 43.4. The molecule has 5 rings (SSSR count). The number of hydrogen-bond donors (Lipinski definition) is 3. The van der Waals surface area contributed by atoms with Crippen LogP contribution >= 0.6 is 0 Å². The minimum Gasteiger partial charge on any atom is -0.496 e. The molecule has 0 fully saturated rings. The number of allylic oxidation sites excluding steroid dienone is 2. The Bertz CT molecular complexity index is 1390. The minimum atomic E-state index is -0.615. The fourth-order valence-corrected chi connectivity index (χ4v) is 5.00. The average molecular weight is 417 g/mol. The van der Waals surface area contributed by atoms with Gasteiger partial charge in [-0.2, -0.15) is 0 Å². The molecule has 0 amide bonds. The summed E-state index contributed by atoms with van der Waals surface area (Å²) in [5.74, 6) is 0.400. The second kappa shape index (κ2) is 6.70. The molecule has 2 heterocycles. The number of ether oxygens (including phenoxy) is 1. The number of carbonyl (C=O) groups excluding carboxylic acids is 1. The molecular formula is C24H23N3O4. The first-order valence-corrected chi connectivity index (χ1v) is 10.2. The van der Waals surface area contributed by atoms with Gasteiger partial charge in [0.05, 0.1) is 12.7 Å². The molecule has 3 aromatic rings. The zero-order chi connectivity index (χ0) is 21.9. The van der Waals surface area contributed by atoms with Gasteiger partial charge in [-0.1, -0.05) is 44.2 Å². The van der Waals surface area contributed by atoms with Crippen LogP contribution in [0.2, 0.25) is 0 Å². The predicted molar refractivity (Wildman–Crippen MR) is 119 cm³/mol. The summed E-state index contributed by atoms with van der Waals surface area (Å²) in [6, 6.07) is 11.6. The first-order valence-electron chi connectivity index (χ1n) is 10.2. The molecule has 1 aromatic heterocycles. The van der Waals surface area contributed by atoms with Crippen LogP contribution in [0.1, 0.15) is 43.7 Å². The van der Waals surface area contributed by atoms with Gasteiger partial charge in [-0.05, 0) is 28.9 Å². The molecular weight excluding hydrogens is 394 g/mol. The van der Waals surface area contributed by atoms with Crippen molar-refractivity contribution in [3.63, 3.8) is 0 Å². The highest BCUT2D eigenvalue weighted by atomic mass is 16.5. The zero-order valence-electron chi connectivity index (χ0n) is 17.6. The number of carbonyl (C=O) groups is 1. The Kier molecular flexibility index (Phi) is 4.18. The highest BCUT2D eigenvalue weighted by molar-refractivity contribution is 6.03. The Morgan fingerprint density at radius 1 is 1.00 bits per heavy atom. The number of fused-ring (bicyclic) bond motifs is 2. The van der Waals surface area contributed by atoms with E-state index in [-0.39, 0.29) is 11.2 Å². The molecule has 0 saturated carbocycles. The van der Waals surface area contributed by atoms with Crippen LogP contribution in [0.15, 0.2) is 57.3 Å². The Balaban J connectivity index is 1.89. The van der Waals surface area contributed by atoms with Gasteiger partial charge < -0.3 is 10.1 Å². The van der Waals surface area contributed by atoms with Gasteiger partial charge in [-0.15, -0.1) is 0 Å². The number of aromatic amines is 2. The number of rotatable bonds is 2. The van der Waals surface area contributed by atoms with E-state index in [9.17, 15) is 14.4 Å². The fourth-order valence-electron chi connectivity index (χ4n) is 5.00. The highest BCUT2D eigenvalue weighted by Crippen LogP contribution is 2.49. The van der Waals surface area contributed by atoms with Gasteiger partial charge in [0.2, 0.25) is 0 Å². The van der Waals surface area contributed by atoms with E-state index in [4.69, 9.17) is 4.74 Å². The molecule has 2 aromatic carbocycles. The summed E-state index contributed by atoms with van der Waals surface area (Å²) < 4.78 is 5.63. The first kappa shape index (κ1) is 19.4. The van der Waals surface area contributed by atoms with E-state index in [2.05, 4.69) is 15.3 Å². The van der Waals surface area contributed by atoms with Crippen molar-refractivity contribution in [3.05, 3.63) is 79.6 Å². The number of benzene rings is 2. The Labute approximate surface area is 178 Å². The highest BCUT2D eigenvalue weighted by Gasteiger charge is 2.42. The molecule has 1 atom stereocenters. The van der Waals surface area contributed by atoms with Crippen molar-refractivity contribution in [3.8, 4) is 5.75 Å². The smallest absolute Gasteiger partial charge is 0.327 e. The van der Waals surface area contributed by atoms with Crippen molar-refractivity contribution in [2.45, 2.75) is 32.6 Å². The third-order valence-electron chi connectivity index (χ3n) is 6.18. The van der Waals surface area contributed by atoms with Gasteiger partial charge >= 0.3 is 5.69 Å². The van der Waals surface area contributed by atoms with Gasteiger partial charge in [-0.3, -0.25) is 19.6 Å². The van der Waals surface area contributed by atoms with Crippen LogP contribution in [-0.4, -0.2) is 22.9 Å². The molecule has 0 radical (unpaired) electrons. The summed E-state index contributed by atoms with van der Waals surface area (Å²) in [6.07, 6.45) is 1.03. The van der Waals surface area contributed by atoms with Gasteiger partial charge in [0.1, 0.15) is 11.6 Å². The number of nitrogens with one attached hydrogen (secondary N) is 3. The van der Waals surface area contributed by atoms with Crippen LogP contribution in [0.5, 0.6) is 5.75 Å². The number of hydrogen-bond acceptors (Lipinski definition) is 5. The predicted octanol–water partition coefficient (Wildman–Crippen LogP) is 3.43. The minimum absolute atomic E-state index is 0.00639. The maximum atomic E-state index is 13.4. The van der Waals surface area contributed by atoms with Gasteiger partial charge in [0.15, 0.2) is 5.78 Å². The monoisotopic (exact) mass is 417 g/mol. The number of methoxy groups -OCH3 is 1. The van der Waals surface area contributed by atoms with E-state index >= 15 is 0 Å². The lowest BCUT2D eigenvalue weighted by Gasteiger charge is -2.39. The lowest BCUT2D eigenvalue weighted by Crippen LogP contribution is -2.39.